The Bertz CT molecular complexity index is 434. The van der Waals surface area contributed by atoms with Crippen LogP contribution in [0.25, 0.3) is 0 Å². The second-order valence-corrected chi connectivity index (χ2v) is 6.66. The van der Waals surface area contributed by atoms with E-state index in [1.165, 1.54) is 0 Å². The van der Waals surface area contributed by atoms with Crippen molar-refractivity contribution in [2.24, 2.45) is 0 Å². The van der Waals surface area contributed by atoms with Crippen LogP contribution in [0.3, 0.4) is 0 Å². The molecule has 0 amide bonds. The van der Waals surface area contributed by atoms with Crippen LogP contribution in [-0.2, 0) is 15.8 Å². The summed E-state index contributed by atoms with van der Waals surface area (Å²) in [7, 11) is -3.07. The van der Waals surface area contributed by atoms with E-state index >= 15 is 0 Å². The lowest BCUT2D eigenvalue weighted by Crippen LogP contribution is -2.24. The highest BCUT2D eigenvalue weighted by Gasteiger charge is 2.01. The molecule has 1 aromatic rings. The highest BCUT2D eigenvalue weighted by Crippen LogP contribution is 2.20. The number of benzene rings is 1. The lowest BCUT2D eigenvalue weighted by atomic mass is 10.2. The summed E-state index contributed by atoms with van der Waals surface area (Å²) in [5.41, 5.74) is 1.08. The third kappa shape index (κ3) is 5.75. The van der Waals surface area contributed by atoms with Gasteiger partial charge in [0.05, 0.1) is 6.26 Å². The number of halogens is 1. The summed E-state index contributed by atoms with van der Waals surface area (Å²) in [6, 6.07) is 7.66. The molecule has 0 bridgehead atoms. The minimum atomic E-state index is -3.07. The van der Waals surface area contributed by atoms with Crippen molar-refractivity contribution in [3.05, 3.63) is 34.9 Å². The van der Waals surface area contributed by atoms with Crippen molar-refractivity contribution < 1.29 is 8.42 Å². The molecule has 0 aliphatic carbocycles. The maximum absolute atomic E-state index is 10.8. The molecule has 0 heterocycles. The molecule has 0 fully saturated rings. The zero-order chi connectivity index (χ0) is 12.0. The number of sulfonamides is 1. The Kier molecular flexibility index (Phi) is 5.61. The van der Waals surface area contributed by atoms with E-state index in [9.17, 15) is 8.42 Å². The number of hydrogen-bond donors (Lipinski definition) is 1. The molecular weight excluding hydrogens is 266 g/mol. The van der Waals surface area contributed by atoms with Gasteiger partial charge in [0.1, 0.15) is 0 Å². The van der Waals surface area contributed by atoms with Crippen LogP contribution >= 0.6 is 23.4 Å². The van der Waals surface area contributed by atoms with E-state index in [1.54, 1.807) is 11.8 Å². The van der Waals surface area contributed by atoms with Crippen LogP contribution in [0.4, 0.5) is 0 Å². The number of rotatable bonds is 6. The largest absolute Gasteiger partial charge is 0.215 e. The third-order valence-electron chi connectivity index (χ3n) is 1.83. The first-order valence-electron chi connectivity index (χ1n) is 4.75. The van der Waals surface area contributed by atoms with Crippen LogP contribution in [0.2, 0.25) is 5.02 Å². The molecule has 0 unspecified atom stereocenters. The maximum atomic E-state index is 10.8. The maximum Gasteiger partial charge on any atom is 0.208 e. The molecule has 0 saturated heterocycles. The van der Waals surface area contributed by atoms with Gasteiger partial charge < -0.3 is 0 Å². The summed E-state index contributed by atoms with van der Waals surface area (Å²) in [6.07, 6.45) is 1.16. The van der Waals surface area contributed by atoms with E-state index in [0.29, 0.717) is 6.54 Å². The molecule has 0 saturated carbocycles. The van der Waals surface area contributed by atoms with Crippen molar-refractivity contribution in [2.45, 2.75) is 5.75 Å². The monoisotopic (exact) mass is 279 g/mol. The molecule has 90 valence electrons. The van der Waals surface area contributed by atoms with E-state index in [1.807, 2.05) is 24.3 Å². The lowest BCUT2D eigenvalue weighted by Gasteiger charge is -2.04. The highest BCUT2D eigenvalue weighted by molar-refractivity contribution is 7.98. The Morgan fingerprint density at radius 1 is 1.38 bits per heavy atom. The summed E-state index contributed by atoms with van der Waals surface area (Å²) in [4.78, 5) is 0. The molecule has 0 atom stereocenters. The van der Waals surface area contributed by atoms with Gasteiger partial charge in [0.25, 0.3) is 0 Å². The van der Waals surface area contributed by atoms with Gasteiger partial charge in [-0.25, -0.2) is 13.1 Å². The highest BCUT2D eigenvalue weighted by atomic mass is 35.5. The first-order chi connectivity index (χ1) is 7.49. The minimum Gasteiger partial charge on any atom is -0.215 e. The van der Waals surface area contributed by atoms with Gasteiger partial charge in [-0.15, -0.1) is 0 Å². The molecule has 0 aliphatic heterocycles. The number of thioether (sulfide) groups is 1. The van der Waals surface area contributed by atoms with Crippen LogP contribution in [0.1, 0.15) is 5.56 Å². The van der Waals surface area contributed by atoms with Crippen molar-refractivity contribution in [1.82, 2.24) is 4.72 Å². The SMILES string of the molecule is CS(=O)(=O)NCCSCc1ccccc1Cl. The van der Waals surface area contributed by atoms with Gasteiger partial charge in [-0.05, 0) is 11.6 Å². The summed E-state index contributed by atoms with van der Waals surface area (Å²) >= 11 is 7.63. The second-order valence-electron chi connectivity index (χ2n) is 3.31. The van der Waals surface area contributed by atoms with Gasteiger partial charge in [0, 0.05) is 23.1 Å². The first kappa shape index (κ1) is 13.8. The molecule has 16 heavy (non-hydrogen) atoms. The van der Waals surface area contributed by atoms with Gasteiger partial charge in [-0.2, -0.15) is 11.8 Å². The van der Waals surface area contributed by atoms with Gasteiger partial charge in [0.15, 0.2) is 0 Å². The zero-order valence-electron chi connectivity index (χ0n) is 8.94. The van der Waals surface area contributed by atoms with Crippen LogP contribution in [0.5, 0.6) is 0 Å². The van der Waals surface area contributed by atoms with E-state index < -0.39 is 10.0 Å². The molecule has 0 aliphatic rings. The minimum absolute atomic E-state index is 0.452. The Morgan fingerprint density at radius 2 is 2.06 bits per heavy atom. The predicted molar refractivity (Wildman–Crippen MR) is 70.5 cm³/mol. The van der Waals surface area contributed by atoms with Crippen molar-refractivity contribution in [3.8, 4) is 0 Å². The van der Waals surface area contributed by atoms with Crippen LogP contribution in [0, 0.1) is 0 Å². The quantitative estimate of drug-likeness (QED) is 0.812. The molecule has 0 radical (unpaired) electrons. The van der Waals surface area contributed by atoms with Crippen molar-refractivity contribution in [1.29, 1.82) is 0 Å². The Morgan fingerprint density at radius 3 is 2.69 bits per heavy atom. The van der Waals surface area contributed by atoms with Gasteiger partial charge in [0.2, 0.25) is 10.0 Å². The molecule has 3 nitrogen and oxygen atoms in total. The van der Waals surface area contributed by atoms with Crippen LogP contribution in [0.15, 0.2) is 24.3 Å². The summed E-state index contributed by atoms with van der Waals surface area (Å²) in [5, 5.41) is 0.756. The average molecular weight is 280 g/mol. The van der Waals surface area contributed by atoms with Crippen molar-refractivity contribution >= 4 is 33.4 Å². The average Bonchev–Trinajstić information content (AvgIpc) is 2.18. The van der Waals surface area contributed by atoms with Crippen molar-refractivity contribution in [3.63, 3.8) is 0 Å². The zero-order valence-corrected chi connectivity index (χ0v) is 11.3. The molecule has 0 aromatic heterocycles. The number of hydrogen-bond acceptors (Lipinski definition) is 3. The van der Waals surface area contributed by atoms with E-state index in [4.69, 9.17) is 11.6 Å². The number of nitrogens with one attached hydrogen (secondary N) is 1. The summed E-state index contributed by atoms with van der Waals surface area (Å²) in [6.45, 7) is 0.452. The summed E-state index contributed by atoms with van der Waals surface area (Å²) in [5.74, 6) is 1.53. The Labute approximate surface area is 106 Å². The van der Waals surface area contributed by atoms with Gasteiger partial charge >= 0.3 is 0 Å². The fourth-order valence-corrected chi connectivity index (χ4v) is 2.84. The molecule has 1 N–H and O–H groups in total. The Hall–Kier alpha value is -0.230. The summed E-state index contributed by atoms with van der Waals surface area (Å²) < 4.78 is 24.0. The Balaban J connectivity index is 2.24. The van der Waals surface area contributed by atoms with Crippen LogP contribution < -0.4 is 4.72 Å². The van der Waals surface area contributed by atoms with Crippen LogP contribution in [-0.4, -0.2) is 27.0 Å². The van der Waals surface area contributed by atoms with Crippen molar-refractivity contribution in [2.75, 3.05) is 18.6 Å². The smallest absolute Gasteiger partial charge is 0.208 e. The first-order valence-corrected chi connectivity index (χ1v) is 8.17. The molecule has 1 aromatic carbocycles. The van der Waals surface area contributed by atoms with E-state index in [0.717, 1.165) is 28.3 Å². The van der Waals surface area contributed by atoms with Gasteiger partial charge in [-0.3, -0.25) is 0 Å². The molecule has 0 spiro atoms. The molecule has 6 heteroatoms. The van der Waals surface area contributed by atoms with E-state index in [-0.39, 0.29) is 0 Å². The topological polar surface area (TPSA) is 46.2 Å². The molecular formula is C10H14ClNO2S2. The third-order valence-corrected chi connectivity index (χ3v) is 3.93. The normalized spacial score (nSPS) is 11.6. The molecule has 1 rings (SSSR count). The van der Waals surface area contributed by atoms with E-state index in [2.05, 4.69) is 4.72 Å². The fourth-order valence-electron chi connectivity index (χ4n) is 1.10. The standard InChI is InChI=1S/C10H14ClNO2S2/c1-16(13,14)12-6-7-15-8-9-4-2-3-5-10(9)11/h2-5,12H,6-8H2,1H3. The fraction of sp³-hybridized carbons (Fsp3) is 0.400. The second kappa shape index (κ2) is 6.49. The lowest BCUT2D eigenvalue weighted by molar-refractivity contribution is 0.590. The predicted octanol–water partition coefficient (Wildman–Crippen LogP) is 2.12. The van der Waals surface area contributed by atoms with Gasteiger partial charge in [-0.1, -0.05) is 29.8 Å².